The molecule has 0 spiro atoms. The van der Waals surface area contributed by atoms with Crippen molar-refractivity contribution in [2.24, 2.45) is 4.99 Å². The molecule has 0 saturated carbocycles. The zero-order valence-electron chi connectivity index (χ0n) is 13.7. The molecule has 2 nitrogen and oxygen atoms in total. The molecular formula is C21H22N2. The van der Waals surface area contributed by atoms with Gasteiger partial charge in [0.1, 0.15) is 6.17 Å². The van der Waals surface area contributed by atoms with Gasteiger partial charge in [0.15, 0.2) is 0 Å². The van der Waals surface area contributed by atoms with Gasteiger partial charge >= 0.3 is 0 Å². The number of allylic oxidation sites excluding steroid dienone is 1. The van der Waals surface area contributed by atoms with E-state index in [0.717, 1.165) is 5.71 Å². The van der Waals surface area contributed by atoms with Crippen LogP contribution in [0.4, 0.5) is 5.69 Å². The van der Waals surface area contributed by atoms with Gasteiger partial charge in [0.25, 0.3) is 0 Å². The highest BCUT2D eigenvalue weighted by atomic mass is 15.3. The van der Waals surface area contributed by atoms with E-state index >= 15 is 0 Å². The smallest absolute Gasteiger partial charge is 0.148 e. The molecule has 0 fully saturated rings. The highest BCUT2D eigenvalue weighted by molar-refractivity contribution is 6.04. The molecule has 1 aliphatic rings. The predicted molar refractivity (Wildman–Crippen MR) is 99.1 cm³/mol. The third kappa shape index (κ3) is 2.98. The van der Waals surface area contributed by atoms with Crippen molar-refractivity contribution in [1.29, 1.82) is 0 Å². The summed E-state index contributed by atoms with van der Waals surface area (Å²) in [5.74, 6) is 0. The van der Waals surface area contributed by atoms with Crippen LogP contribution in [0.5, 0.6) is 0 Å². The van der Waals surface area contributed by atoms with Crippen molar-refractivity contribution in [2.45, 2.75) is 26.1 Å². The number of aliphatic imine (C=N–C) groups is 1. The number of para-hydroxylation sites is 1. The quantitative estimate of drug-likeness (QED) is 0.719. The first-order chi connectivity index (χ1) is 11.2. The summed E-state index contributed by atoms with van der Waals surface area (Å²) >= 11 is 0. The minimum atomic E-state index is -0.0211. The predicted octanol–water partition coefficient (Wildman–Crippen LogP) is 5.09. The number of aryl methyl sites for hydroxylation is 1. The zero-order chi connectivity index (χ0) is 16.2. The Morgan fingerprint density at radius 3 is 2.35 bits per heavy atom. The number of hydrogen-bond acceptors (Lipinski definition) is 2. The van der Waals surface area contributed by atoms with Crippen LogP contribution in [0, 0.1) is 6.92 Å². The topological polar surface area (TPSA) is 15.6 Å². The summed E-state index contributed by atoms with van der Waals surface area (Å²) in [6.45, 7) is 8.10. The third-order valence-electron chi connectivity index (χ3n) is 4.15. The Bertz CT molecular complexity index is 726. The van der Waals surface area contributed by atoms with Crippen molar-refractivity contribution < 1.29 is 0 Å². The lowest BCUT2D eigenvalue weighted by molar-refractivity contribution is 0.696. The summed E-state index contributed by atoms with van der Waals surface area (Å²) in [4.78, 5) is 7.29. The monoisotopic (exact) mass is 302 g/mol. The van der Waals surface area contributed by atoms with E-state index in [9.17, 15) is 0 Å². The standard InChI is InChI=1S/C21H22N2/c1-4-9-20-19(5-2)22-21(17-14-12-16(3)13-15-17)23(20)18-10-7-6-8-11-18/h4-15,20-21H,2H2,1,3H3/b9-4-. The molecule has 0 amide bonds. The summed E-state index contributed by atoms with van der Waals surface area (Å²) < 4.78 is 0. The molecule has 1 heterocycles. The Morgan fingerprint density at radius 2 is 1.74 bits per heavy atom. The molecule has 0 N–H and O–H groups in total. The number of nitrogens with zero attached hydrogens (tertiary/aromatic N) is 2. The Morgan fingerprint density at radius 1 is 1.04 bits per heavy atom. The molecule has 0 aromatic heterocycles. The van der Waals surface area contributed by atoms with Crippen molar-refractivity contribution in [2.75, 3.05) is 4.90 Å². The largest absolute Gasteiger partial charge is 0.334 e. The second-order valence-electron chi connectivity index (χ2n) is 5.76. The van der Waals surface area contributed by atoms with Crippen LogP contribution in [0.15, 0.2) is 84.4 Å². The van der Waals surface area contributed by atoms with E-state index in [4.69, 9.17) is 4.99 Å². The normalized spacial score (nSPS) is 20.8. The molecule has 0 aliphatic carbocycles. The maximum atomic E-state index is 4.94. The summed E-state index contributed by atoms with van der Waals surface area (Å²) in [6, 6.07) is 19.2. The van der Waals surface area contributed by atoms with E-state index in [1.807, 2.05) is 19.1 Å². The van der Waals surface area contributed by atoms with Crippen LogP contribution in [-0.4, -0.2) is 11.8 Å². The molecule has 2 aromatic rings. The van der Waals surface area contributed by atoms with Gasteiger partial charge in [0.05, 0.1) is 11.8 Å². The second kappa shape index (κ2) is 6.66. The lowest BCUT2D eigenvalue weighted by atomic mass is 10.1. The van der Waals surface area contributed by atoms with E-state index < -0.39 is 0 Å². The van der Waals surface area contributed by atoms with Gasteiger partial charge in [-0.1, -0.05) is 66.8 Å². The van der Waals surface area contributed by atoms with Gasteiger partial charge in [-0.3, -0.25) is 4.99 Å². The molecular weight excluding hydrogens is 280 g/mol. The molecule has 2 unspecified atom stereocenters. The van der Waals surface area contributed by atoms with E-state index in [1.54, 1.807) is 0 Å². The lowest BCUT2D eigenvalue weighted by Gasteiger charge is -2.30. The number of anilines is 1. The van der Waals surface area contributed by atoms with Crippen molar-refractivity contribution in [3.8, 4) is 0 Å². The minimum Gasteiger partial charge on any atom is -0.334 e. The average Bonchev–Trinajstić information content (AvgIpc) is 2.95. The Hall–Kier alpha value is -2.61. The van der Waals surface area contributed by atoms with Crippen LogP contribution < -0.4 is 4.90 Å². The molecule has 2 atom stereocenters. The molecule has 0 saturated heterocycles. The van der Waals surface area contributed by atoms with Crippen molar-refractivity contribution in [3.63, 3.8) is 0 Å². The SMILES string of the molecule is C=CC1=NC(c2ccc(C)cc2)N(c2ccccc2)C1/C=C\C. The maximum Gasteiger partial charge on any atom is 0.148 e. The Kier molecular flexibility index (Phi) is 4.42. The average molecular weight is 302 g/mol. The van der Waals surface area contributed by atoms with Crippen LogP contribution >= 0.6 is 0 Å². The molecule has 0 radical (unpaired) electrons. The number of benzene rings is 2. The Labute approximate surface area is 138 Å². The first kappa shape index (κ1) is 15.3. The molecule has 0 bridgehead atoms. The highest BCUT2D eigenvalue weighted by Crippen LogP contribution is 2.36. The number of rotatable bonds is 4. The fourth-order valence-corrected chi connectivity index (χ4v) is 3.00. The van der Waals surface area contributed by atoms with E-state index in [0.29, 0.717) is 0 Å². The summed E-state index contributed by atoms with van der Waals surface area (Å²) in [7, 11) is 0. The van der Waals surface area contributed by atoms with Crippen molar-refractivity contribution in [3.05, 3.63) is 90.5 Å². The van der Waals surface area contributed by atoms with Gasteiger partial charge in [0.2, 0.25) is 0 Å². The molecule has 23 heavy (non-hydrogen) atoms. The lowest BCUT2D eigenvalue weighted by Crippen LogP contribution is -2.35. The van der Waals surface area contributed by atoms with Crippen LogP contribution in [0.3, 0.4) is 0 Å². The zero-order valence-corrected chi connectivity index (χ0v) is 13.7. The minimum absolute atomic E-state index is 0.0211. The van der Waals surface area contributed by atoms with Gasteiger partial charge in [-0.25, -0.2) is 0 Å². The van der Waals surface area contributed by atoms with Gasteiger partial charge in [-0.2, -0.15) is 0 Å². The fraction of sp³-hybridized carbons (Fsp3) is 0.190. The van der Waals surface area contributed by atoms with Crippen LogP contribution in [0.2, 0.25) is 0 Å². The van der Waals surface area contributed by atoms with Gasteiger partial charge in [-0.05, 0) is 37.6 Å². The summed E-state index contributed by atoms with van der Waals surface area (Å²) in [5, 5.41) is 0. The molecule has 2 heteroatoms. The van der Waals surface area contributed by atoms with E-state index in [2.05, 4.69) is 79.1 Å². The van der Waals surface area contributed by atoms with Gasteiger partial charge < -0.3 is 4.90 Å². The van der Waals surface area contributed by atoms with Crippen LogP contribution in [0.1, 0.15) is 24.2 Å². The van der Waals surface area contributed by atoms with E-state index in [1.165, 1.54) is 16.8 Å². The summed E-state index contributed by atoms with van der Waals surface area (Å²) in [5.41, 5.74) is 4.64. The Balaban J connectivity index is 2.09. The third-order valence-corrected chi connectivity index (χ3v) is 4.15. The van der Waals surface area contributed by atoms with Gasteiger partial charge in [0, 0.05) is 5.69 Å². The van der Waals surface area contributed by atoms with Crippen molar-refractivity contribution in [1.82, 2.24) is 0 Å². The maximum absolute atomic E-state index is 4.94. The first-order valence-corrected chi connectivity index (χ1v) is 7.97. The highest BCUT2D eigenvalue weighted by Gasteiger charge is 2.34. The number of hydrogen-bond donors (Lipinski definition) is 0. The van der Waals surface area contributed by atoms with E-state index in [-0.39, 0.29) is 12.2 Å². The summed E-state index contributed by atoms with van der Waals surface area (Å²) in [6.07, 6.45) is 6.11. The van der Waals surface area contributed by atoms with Gasteiger partial charge in [-0.15, -0.1) is 0 Å². The van der Waals surface area contributed by atoms with Crippen LogP contribution in [0.25, 0.3) is 0 Å². The van der Waals surface area contributed by atoms with Crippen molar-refractivity contribution >= 4 is 11.4 Å². The fourth-order valence-electron chi connectivity index (χ4n) is 3.00. The molecule has 3 rings (SSSR count). The molecule has 2 aromatic carbocycles. The molecule has 116 valence electrons. The molecule has 1 aliphatic heterocycles. The first-order valence-electron chi connectivity index (χ1n) is 7.97. The second-order valence-corrected chi connectivity index (χ2v) is 5.76. The van der Waals surface area contributed by atoms with Crippen LogP contribution in [-0.2, 0) is 0 Å².